The van der Waals surface area contributed by atoms with Gasteiger partial charge < -0.3 is 14.3 Å². The third-order valence-electron chi connectivity index (χ3n) is 5.68. The number of nitrogens with zero attached hydrogens (tertiary/aromatic N) is 1. The highest BCUT2D eigenvalue weighted by atomic mass is 19.2. The van der Waals surface area contributed by atoms with Gasteiger partial charge in [-0.2, -0.15) is 0 Å². The largest absolute Gasteiger partial charge is 0.507 e. The summed E-state index contributed by atoms with van der Waals surface area (Å²) < 4.78 is 39.0. The number of anilines is 1. The zero-order chi connectivity index (χ0) is 25.4. The van der Waals surface area contributed by atoms with Gasteiger partial charge in [-0.1, -0.05) is 13.8 Å². The summed E-state index contributed by atoms with van der Waals surface area (Å²) in [4.78, 5) is 27.2. The highest BCUT2D eigenvalue weighted by Gasteiger charge is 2.48. The van der Waals surface area contributed by atoms with E-state index in [1.54, 1.807) is 44.2 Å². The van der Waals surface area contributed by atoms with Crippen LogP contribution in [0, 0.1) is 31.4 Å². The van der Waals surface area contributed by atoms with E-state index >= 15 is 0 Å². The number of ketones is 1. The van der Waals surface area contributed by atoms with E-state index in [1.165, 1.54) is 6.07 Å². The maximum absolute atomic E-state index is 14.0. The van der Waals surface area contributed by atoms with Gasteiger partial charge in [0.15, 0.2) is 11.6 Å². The molecule has 8 heteroatoms. The summed E-state index contributed by atoms with van der Waals surface area (Å²) in [6.45, 7) is 8.06. The van der Waals surface area contributed by atoms with Crippen LogP contribution in [0.2, 0.25) is 0 Å². The molecule has 1 N–H and O–H groups in total. The number of aliphatic hydroxyl groups is 1. The Labute approximate surface area is 201 Å². The Bertz CT molecular complexity index is 1340. The standard InChI is InChI=1S/C27H25F2NO5/c1-14(2)13-34-21-10-6-17(11-15(21)3)25(31)23-24(22-9-5-16(4)35-22)30(27(33)26(23)32)18-7-8-19(28)20(29)12-18/h5-12,14,24,31H,13H2,1-4H3/b25-23-. The highest BCUT2D eigenvalue weighted by Crippen LogP contribution is 2.43. The van der Waals surface area contributed by atoms with Gasteiger partial charge >= 0.3 is 0 Å². The fourth-order valence-corrected chi connectivity index (χ4v) is 3.97. The molecule has 1 fully saturated rings. The molecule has 1 atom stereocenters. The first-order valence-electron chi connectivity index (χ1n) is 11.1. The van der Waals surface area contributed by atoms with Gasteiger partial charge in [-0.05, 0) is 67.8 Å². The van der Waals surface area contributed by atoms with Crippen LogP contribution in [0.3, 0.4) is 0 Å². The van der Waals surface area contributed by atoms with Crippen LogP contribution in [0.25, 0.3) is 5.76 Å². The lowest BCUT2D eigenvalue weighted by Gasteiger charge is -2.23. The van der Waals surface area contributed by atoms with Crippen molar-refractivity contribution in [2.75, 3.05) is 11.5 Å². The van der Waals surface area contributed by atoms with Crippen LogP contribution in [0.1, 0.15) is 42.5 Å². The van der Waals surface area contributed by atoms with E-state index in [9.17, 15) is 23.5 Å². The molecule has 3 aromatic rings. The topological polar surface area (TPSA) is 80.0 Å². The number of carbonyl (C=O) groups is 2. The molecule has 2 aromatic carbocycles. The third kappa shape index (κ3) is 4.56. The van der Waals surface area contributed by atoms with E-state index in [-0.39, 0.29) is 17.0 Å². The molecule has 6 nitrogen and oxygen atoms in total. The third-order valence-corrected chi connectivity index (χ3v) is 5.68. The molecule has 1 unspecified atom stereocenters. The summed E-state index contributed by atoms with van der Waals surface area (Å²) in [5, 5.41) is 11.2. The van der Waals surface area contributed by atoms with Crippen molar-refractivity contribution in [1.82, 2.24) is 0 Å². The van der Waals surface area contributed by atoms with E-state index in [0.717, 1.165) is 22.6 Å². The molecule has 0 aliphatic carbocycles. The number of halogens is 2. The maximum atomic E-state index is 14.0. The number of rotatable bonds is 6. The molecule has 0 spiro atoms. The van der Waals surface area contributed by atoms with Crippen molar-refractivity contribution in [1.29, 1.82) is 0 Å². The van der Waals surface area contributed by atoms with Crippen molar-refractivity contribution in [3.05, 3.63) is 88.4 Å². The zero-order valence-electron chi connectivity index (χ0n) is 19.8. The fourth-order valence-electron chi connectivity index (χ4n) is 3.97. The van der Waals surface area contributed by atoms with E-state index in [0.29, 0.717) is 29.6 Å². The molecule has 0 radical (unpaired) electrons. The Morgan fingerprint density at radius 1 is 1.06 bits per heavy atom. The van der Waals surface area contributed by atoms with Crippen molar-refractivity contribution in [2.45, 2.75) is 33.7 Å². The summed E-state index contributed by atoms with van der Waals surface area (Å²) in [7, 11) is 0. The number of hydrogen-bond acceptors (Lipinski definition) is 5. The minimum atomic E-state index is -1.18. The van der Waals surface area contributed by atoms with Gasteiger partial charge in [0.25, 0.3) is 11.7 Å². The zero-order valence-corrected chi connectivity index (χ0v) is 19.8. The Hall–Kier alpha value is -3.94. The molecular formula is C27H25F2NO5. The molecule has 1 saturated heterocycles. The van der Waals surface area contributed by atoms with Crippen LogP contribution < -0.4 is 9.64 Å². The van der Waals surface area contributed by atoms with Crippen molar-refractivity contribution < 1.29 is 32.6 Å². The predicted octanol–water partition coefficient (Wildman–Crippen LogP) is 5.84. The van der Waals surface area contributed by atoms with Crippen LogP contribution in [0.5, 0.6) is 5.75 Å². The molecule has 1 amide bonds. The Balaban J connectivity index is 1.84. The van der Waals surface area contributed by atoms with Gasteiger partial charge in [0.05, 0.1) is 12.2 Å². The van der Waals surface area contributed by atoms with Gasteiger partial charge in [-0.15, -0.1) is 0 Å². The second kappa shape index (κ2) is 9.37. The number of aliphatic hydroxyl groups excluding tert-OH is 1. The first-order chi connectivity index (χ1) is 16.6. The molecule has 2 heterocycles. The van der Waals surface area contributed by atoms with Crippen molar-refractivity contribution in [3.8, 4) is 5.75 Å². The minimum absolute atomic E-state index is 0.0438. The second-order valence-electron chi connectivity index (χ2n) is 8.90. The number of furan rings is 1. The lowest BCUT2D eigenvalue weighted by Crippen LogP contribution is -2.29. The maximum Gasteiger partial charge on any atom is 0.300 e. The van der Waals surface area contributed by atoms with Crippen molar-refractivity contribution >= 4 is 23.1 Å². The highest BCUT2D eigenvalue weighted by molar-refractivity contribution is 6.51. The van der Waals surface area contributed by atoms with Gasteiger partial charge in [0, 0.05) is 17.3 Å². The Morgan fingerprint density at radius 3 is 2.40 bits per heavy atom. The summed E-state index contributed by atoms with van der Waals surface area (Å²) >= 11 is 0. The Morgan fingerprint density at radius 2 is 1.80 bits per heavy atom. The number of aryl methyl sites for hydroxylation is 2. The fraction of sp³-hybridized carbons (Fsp3) is 0.259. The summed E-state index contributed by atoms with van der Waals surface area (Å²) in [6.07, 6.45) is 0. The van der Waals surface area contributed by atoms with E-state index in [1.807, 2.05) is 13.8 Å². The Kier molecular flexibility index (Phi) is 6.47. The quantitative estimate of drug-likeness (QED) is 0.272. The van der Waals surface area contributed by atoms with Crippen LogP contribution in [0.4, 0.5) is 14.5 Å². The normalized spacial score (nSPS) is 17.5. The monoisotopic (exact) mass is 481 g/mol. The number of Topliss-reactive ketones (excluding diaryl/α,β-unsaturated/α-hetero) is 1. The molecule has 0 bridgehead atoms. The average Bonchev–Trinajstić information content (AvgIpc) is 3.35. The lowest BCUT2D eigenvalue weighted by atomic mass is 9.98. The van der Waals surface area contributed by atoms with Crippen molar-refractivity contribution in [2.24, 2.45) is 5.92 Å². The number of amides is 1. The van der Waals surface area contributed by atoms with Gasteiger partial charge in [-0.3, -0.25) is 14.5 Å². The van der Waals surface area contributed by atoms with Gasteiger partial charge in [-0.25, -0.2) is 8.78 Å². The van der Waals surface area contributed by atoms with Crippen LogP contribution in [-0.4, -0.2) is 23.4 Å². The van der Waals surface area contributed by atoms with Crippen LogP contribution in [-0.2, 0) is 9.59 Å². The summed E-state index contributed by atoms with van der Waals surface area (Å²) in [6, 6.07) is 9.86. The minimum Gasteiger partial charge on any atom is -0.507 e. The molecular weight excluding hydrogens is 456 g/mol. The molecule has 4 rings (SSSR count). The lowest BCUT2D eigenvalue weighted by molar-refractivity contribution is -0.132. The van der Waals surface area contributed by atoms with E-state index in [4.69, 9.17) is 9.15 Å². The summed E-state index contributed by atoms with van der Waals surface area (Å²) in [5.41, 5.74) is 0.771. The average molecular weight is 481 g/mol. The summed E-state index contributed by atoms with van der Waals surface area (Å²) in [5.74, 6) is -2.97. The molecule has 182 valence electrons. The number of ether oxygens (including phenoxy) is 1. The predicted molar refractivity (Wildman–Crippen MR) is 126 cm³/mol. The van der Waals surface area contributed by atoms with Gasteiger partial charge in [0.2, 0.25) is 0 Å². The van der Waals surface area contributed by atoms with Gasteiger partial charge in [0.1, 0.15) is 29.1 Å². The van der Waals surface area contributed by atoms with Crippen LogP contribution in [0.15, 0.2) is 58.5 Å². The SMILES string of the molecule is Cc1ccc(C2/C(=C(/O)c3ccc(OCC(C)C)c(C)c3)C(=O)C(=O)N2c2ccc(F)c(F)c2)o1. The van der Waals surface area contributed by atoms with E-state index < -0.39 is 35.1 Å². The molecule has 1 aliphatic rings. The number of benzene rings is 2. The second-order valence-corrected chi connectivity index (χ2v) is 8.90. The smallest absolute Gasteiger partial charge is 0.300 e. The first kappa shape index (κ1) is 24.2. The molecule has 0 saturated carbocycles. The number of hydrogen-bond donors (Lipinski definition) is 1. The first-order valence-corrected chi connectivity index (χ1v) is 11.1. The van der Waals surface area contributed by atoms with E-state index in [2.05, 4.69) is 0 Å². The number of carbonyl (C=O) groups excluding carboxylic acids is 2. The molecule has 1 aliphatic heterocycles. The van der Waals surface area contributed by atoms with Crippen molar-refractivity contribution in [3.63, 3.8) is 0 Å². The van der Waals surface area contributed by atoms with Crippen LogP contribution >= 0.6 is 0 Å². The molecule has 35 heavy (non-hydrogen) atoms. The molecule has 1 aromatic heterocycles.